The fourth-order valence-electron chi connectivity index (χ4n) is 5.60. The van der Waals surface area contributed by atoms with E-state index in [4.69, 9.17) is 0 Å². The highest BCUT2D eigenvalue weighted by molar-refractivity contribution is 5.91. The lowest BCUT2D eigenvalue weighted by atomic mass is 10.0. The minimum absolute atomic E-state index is 0.0338. The van der Waals surface area contributed by atoms with Crippen molar-refractivity contribution in [2.24, 2.45) is 0 Å². The van der Waals surface area contributed by atoms with Crippen LogP contribution in [-0.4, -0.2) is 60.6 Å². The van der Waals surface area contributed by atoms with Crippen molar-refractivity contribution >= 4 is 22.8 Å². The summed E-state index contributed by atoms with van der Waals surface area (Å²) in [6.45, 7) is 13.7. The van der Waals surface area contributed by atoms with Crippen LogP contribution in [0, 0.1) is 18.6 Å². The minimum atomic E-state index is -0.899. The SMILES string of the molecule is C=CC(=O)N1CCN(c2nc(=O)n(-c3c(C)ccnc3C(C)C)c3nc(-c4c(O)cccc4F)c(F)cc23)[C@H](C)[C@@H]1C. The van der Waals surface area contributed by atoms with Crippen molar-refractivity contribution < 1.29 is 18.7 Å². The lowest BCUT2D eigenvalue weighted by molar-refractivity contribution is -0.129. The Hall–Kier alpha value is -4.67. The van der Waals surface area contributed by atoms with Crippen LogP contribution in [0.3, 0.4) is 0 Å². The summed E-state index contributed by atoms with van der Waals surface area (Å²) < 4.78 is 32.1. The zero-order valence-corrected chi connectivity index (χ0v) is 24.1. The Kier molecular flexibility index (Phi) is 7.53. The Morgan fingerprint density at radius 2 is 1.86 bits per heavy atom. The molecule has 218 valence electrons. The van der Waals surface area contributed by atoms with Gasteiger partial charge in [0.05, 0.1) is 22.3 Å². The molecule has 0 radical (unpaired) electrons. The summed E-state index contributed by atoms with van der Waals surface area (Å²) in [5, 5.41) is 10.7. The third-order valence-electron chi connectivity index (χ3n) is 7.95. The molecule has 1 saturated heterocycles. The van der Waals surface area contributed by atoms with Gasteiger partial charge in [-0.1, -0.05) is 26.5 Å². The van der Waals surface area contributed by atoms with Gasteiger partial charge in [0, 0.05) is 31.4 Å². The fourth-order valence-corrected chi connectivity index (χ4v) is 5.60. The third kappa shape index (κ3) is 4.68. The van der Waals surface area contributed by atoms with E-state index >= 15 is 4.39 Å². The standard InChI is InChI=1S/C31H32F2N6O3/c1-7-24(41)37-13-14-38(19(6)18(37)5)29-20-15-22(33)27(25-21(32)9-8-10-23(25)40)35-30(20)39(31(42)36-29)28-17(4)11-12-34-26(28)16(2)3/h7-12,15-16,18-19,40H,1,13-14H2,2-6H3/t18-,19+/m0/s1. The Balaban J connectivity index is 1.85. The van der Waals surface area contributed by atoms with Gasteiger partial charge in [-0.2, -0.15) is 4.98 Å². The molecule has 3 aromatic heterocycles. The quantitative estimate of drug-likeness (QED) is 0.339. The zero-order valence-electron chi connectivity index (χ0n) is 24.1. The molecule has 1 N–H and O–H groups in total. The summed E-state index contributed by atoms with van der Waals surface area (Å²) >= 11 is 0. The number of aromatic nitrogens is 4. The summed E-state index contributed by atoms with van der Waals surface area (Å²) in [6, 6.07) is 5.98. The minimum Gasteiger partial charge on any atom is -0.507 e. The Bertz CT molecular complexity index is 1770. The number of rotatable bonds is 5. The van der Waals surface area contributed by atoms with Crippen LogP contribution >= 0.6 is 0 Å². The molecule has 42 heavy (non-hydrogen) atoms. The van der Waals surface area contributed by atoms with E-state index in [1.807, 2.05) is 39.5 Å². The number of carbonyl (C=O) groups is 1. The number of phenols is 1. The molecule has 2 atom stereocenters. The number of carbonyl (C=O) groups excluding carboxylic acids is 1. The number of hydrogen-bond acceptors (Lipinski definition) is 7. The van der Waals surface area contributed by atoms with Gasteiger partial charge in [-0.25, -0.2) is 23.1 Å². The van der Waals surface area contributed by atoms with Crippen LogP contribution in [0.15, 0.2) is 54.0 Å². The van der Waals surface area contributed by atoms with Crippen molar-refractivity contribution in [3.05, 3.63) is 82.6 Å². The van der Waals surface area contributed by atoms with Gasteiger partial charge < -0.3 is 14.9 Å². The van der Waals surface area contributed by atoms with Crippen LogP contribution in [0.25, 0.3) is 28.0 Å². The van der Waals surface area contributed by atoms with E-state index in [2.05, 4.69) is 21.5 Å². The molecular formula is C31H32F2N6O3. The molecule has 4 heterocycles. The highest BCUT2D eigenvalue weighted by Crippen LogP contribution is 2.37. The van der Waals surface area contributed by atoms with Crippen molar-refractivity contribution in [1.29, 1.82) is 0 Å². The largest absolute Gasteiger partial charge is 0.507 e. The highest BCUT2D eigenvalue weighted by Gasteiger charge is 2.35. The van der Waals surface area contributed by atoms with E-state index in [0.717, 1.165) is 6.07 Å². The van der Waals surface area contributed by atoms with Crippen molar-refractivity contribution in [3.8, 4) is 22.7 Å². The van der Waals surface area contributed by atoms with Crippen LogP contribution in [0.2, 0.25) is 0 Å². The van der Waals surface area contributed by atoms with Gasteiger partial charge in [0.25, 0.3) is 0 Å². The number of amides is 1. The highest BCUT2D eigenvalue weighted by atomic mass is 19.1. The second kappa shape index (κ2) is 11.0. The van der Waals surface area contributed by atoms with Crippen LogP contribution in [0.1, 0.15) is 44.9 Å². The average molecular weight is 575 g/mol. The lowest BCUT2D eigenvalue weighted by Gasteiger charge is -2.45. The predicted octanol–water partition coefficient (Wildman–Crippen LogP) is 4.87. The fraction of sp³-hybridized carbons (Fsp3) is 0.323. The van der Waals surface area contributed by atoms with Crippen LogP contribution in [0.4, 0.5) is 14.6 Å². The van der Waals surface area contributed by atoms with Gasteiger partial charge in [0.2, 0.25) is 5.91 Å². The number of anilines is 1. The molecule has 1 aliphatic heterocycles. The van der Waals surface area contributed by atoms with Crippen molar-refractivity contribution in [3.63, 3.8) is 0 Å². The maximum atomic E-state index is 15.9. The molecule has 0 saturated carbocycles. The number of aromatic hydroxyl groups is 1. The number of hydrogen-bond donors (Lipinski definition) is 1. The van der Waals surface area contributed by atoms with Gasteiger partial charge >= 0.3 is 5.69 Å². The van der Waals surface area contributed by atoms with E-state index in [-0.39, 0.29) is 40.8 Å². The topological polar surface area (TPSA) is 104 Å². The molecule has 1 amide bonds. The monoisotopic (exact) mass is 574 g/mol. The first-order valence-corrected chi connectivity index (χ1v) is 13.7. The number of aryl methyl sites for hydroxylation is 1. The Labute approximate surface area is 241 Å². The molecule has 5 rings (SSSR count). The second-order valence-electron chi connectivity index (χ2n) is 10.8. The molecule has 0 aliphatic carbocycles. The molecule has 1 aromatic carbocycles. The first-order valence-electron chi connectivity index (χ1n) is 13.7. The molecule has 0 spiro atoms. The number of benzene rings is 1. The molecule has 1 fully saturated rings. The average Bonchev–Trinajstić information content (AvgIpc) is 2.94. The summed E-state index contributed by atoms with van der Waals surface area (Å²) in [7, 11) is 0. The van der Waals surface area contributed by atoms with Gasteiger partial charge in [0.1, 0.15) is 23.1 Å². The van der Waals surface area contributed by atoms with E-state index in [0.29, 0.717) is 30.0 Å². The normalized spacial score (nSPS) is 17.2. The van der Waals surface area contributed by atoms with E-state index in [1.165, 1.54) is 28.8 Å². The van der Waals surface area contributed by atoms with Crippen molar-refractivity contribution in [2.75, 3.05) is 18.0 Å². The molecule has 4 aromatic rings. The smallest absolute Gasteiger partial charge is 0.355 e. The van der Waals surface area contributed by atoms with Gasteiger partial charge in [-0.3, -0.25) is 9.78 Å². The van der Waals surface area contributed by atoms with Crippen molar-refractivity contribution in [2.45, 2.75) is 52.6 Å². The van der Waals surface area contributed by atoms with Crippen LogP contribution in [0.5, 0.6) is 5.75 Å². The maximum Gasteiger partial charge on any atom is 0.355 e. The number of phenolic OH excluding ortho intramolecular Hbond substituents is 1. The summed E-state index contributed by atoms with van der Waals surface area (Å²) in [6.07, 6.45) is 2.90. The number of nitrogens with zero attached hydrogens (tertiary/aromatic N) is 6. The molecule has 0 bridgehead atoms. The third-order valence-corrected chi connectivity index (χ3v) is 7.95. The first-order chi connectivity index (χ1) is 20.0. The van der Waals surface area contributed by atoms with Gasteiger partial charge in [-0.05, 0) is 62.6 Å². The summed E-state index contributed by atoms with van der Waals surface area (Å²) in [4.78, 5) is 43.4. The molecule has 1 aliphatic rings. The van der Waals surface area contributed by atoms with Crippen LogP contribution in [-0.2, 0) is 4.79 Å². The zero-order chi connectivity index (χ0) is 30.5. The van der Waals surface area contributed by atoms with Gasteiger partial charge in [-0.15, -0.1) is 0 Å². The Morgan fingerprint density at radius 3 is 2.52 bits per heavy atom. The number of fused-ring (bicyclic) bond motifs is 1. The molecular weight excluding hydrogens is 542 g/mol. The predicted molar refractivity (Wildman–Crippen MR) is 157 cm³/mol. The molecule has 11 heteroatoms. The molecule has 9 nitrogen and oxygen atoms in total. The number of piperazine rings is 1. The first kappa shape index (κ1) is 28.8. The Morgan fingerprint density at radius 1 is 1.12 bits per heavy atom. The van der Waals surface area contributed by atoms with E-state index in [9.17, 15) is 19.1 Å². The van der Waals surface area contributed by atoms with E-state index in [1.54, 1.807) is 17.2 Å². The van der Waals surface area contributed by atoms with Crippen molar-refractivity contribution in [1.82, 2.24) is 24.4 Å². The lowest BCUT2D eigenvalue weighted by Crippen LogP contribution is -2.59. The maximum absolute atomic E-state index is 15.9. The second-order valence-corrected chi connectivity index (χ2v) is 10.8. The number of halogens is 2. The van der Waals surface area contributed by atoms with E-state index < -0.39 is 34.3 Å². The summed E-state index contributed by atoms with van der Waals surface area (Å²) in [5.74, 6) is -2.36. The van der Waals surface area contributed by atoms with Crippen LogP contribution < -0.4 is 10.6 Å². The van der Waals surface area contributed by atoms with Gasteiger partial charge in [0.15, 0.2) is 11.5 Å². The number of pyridine rings is 2. The summed E-state index contributed by atoms with van der Waals surface area (Å²) in [5.41, 5.74) is 0.264. The molecule has 0 unspecified atom stereocenters.